The molecule has 0 spiro atoms. The van der Waals surface area contributed by atoms with Gasteiger partial charge in [0.2, 0.25) is 0 Å². The van der Waals surface area contributed by atoms with Crippen molar-refractivity contribution >= 4 is 8.45 Å². The molecule has 1 aliphatic heterocycles. The number of nitrogens with zero attached hydrogens (tertiary/aromatic N) is 2. The van der Waals surface area contributed by atoms with Crippen LogP contribution in [0.2, 0.25) is 0 Å². The Morgan fingerprint density at radius 1 is 0.826 bits per heavy atom. The third-order valence-corrected chi connectivity index (χ3v) is 6.12. The van der Waals surface area contributed by atoms with E-state index in [-0.39, 0.29) is 0 Å². The summed E-state index contributed by atoms with van der Waals surface area (Å²) in [6.07, 6.45) is 1.20. The molecule has 2 aromatic carbocycles. The van der Waals surface area contributed by atoms with Gasteiger partial charge in [0.25, 0.3) is 0 Å². The van der Waals surface area contributed by atoms with Crippen LogP contribution in [0.3, 0.4) is 0 Å². The van der Waals surface area contributed by atoms with Gasteiger partial charge in [-0.1, -0.05) is 60.7 Å². The van der Waals surface area contributed by atoms with Gasteiger partial charge in [-0.25, -0.2) is 9.34 Å². The van der Waals surface area contributed by atoms with Gasteiger partial charge < -0.3 is 4.52 Å². The Balaban J connectivity index is 1.71. The summed E-state index contributed by atoms with van der Waals surface area (Å²) in [7, 11) is -0.679. The Bertz CT molecular complexity index is 529. The number of rotatable bonds is 6. The van der Waals surface area contributed by atoms with E-state index >= 15 is 0 Å². The Kier molecular flexibility index (Phi) is 6.18. The molecule has 3 rings (SSSR count). The van der Waals surface area contributed by atoms with Crippen LogP contribution in [0.1, 0.15) is 24.5 Å². The molecular weight excluding hydrogens is 303 g/mol. The van der Waals surface area contributed by atoms with Gasteiger partial charge in [-0.15, -0.1) is 0 Å². The van der Waals surface area contributed by atoms with Crippen LogP contribution < -0.4 is 0 Å². The van der Waals surface area contributed by atoms with E-state index in [1.54, 1.807) is 0 Å². The summed E-state index contributed by atoms with van der Waals surface area (Å²) in [6, 6.07) is 21.4. The predicted molar refractivity (Wildman–Crippen MR) is 96.9 cm³/mol. The molecule has 0 aliphatic carbocycles. The third kappa shape index (κ3) is 4.62. The second-order valence-electron chi connectivity index (χ2n) is 5.77. The van der Waals surface area contributed by atoms with Crippen molar-refractivity contribution in [2.24, 2.45) is 0 Å². The van der Waals surface area contributed by atoms with Crippen LogP contribution in [0.15, 0.2) is 60.7 Å². The molecule has 4 heteroatoms. The number of hydrogen-bond donors (Lipinski definition) is 0. The maximum Gasteiger partial charge on any atom is 0.188 e. The quantitative estimate of drug-likeness (QED) is 0.717. The van der Waals surface area contributed by atoms with Gasteiger partial charge in [0.05, 0.1) is 6.61 Å². The maximum absolute atomic E-state index is 6.17. The lowest BCUT2D eigenvalue weighted by Crippen LogP contribution is -2.36. The molecule has 1 aliphatic rings. The second-order valence-corrected chi connectivity index (χ2v) is 7.67. The molecule has 0 radical (unpaired) electrons. The van der Waals surface area contributed by atoms with Crippen LogP contribution in [0.4, 0.5) is 0 Å². The third-order valence-electron chi connectivity index (χ3n) is 3.98. The highest BCUT2D eigenvalue weighted by Gasteiger charge is 2.30. The molecule has 0 atom stereocenters. The van der Waals surface area contributed by atoms with Gasteiger partial charge in [0, 0.05) is 26.2 Å². The first kappa shape index (κ1) is 16.6. The molecule has 1 saturated heterocycles. The van der Waals surface area contributed by atoms with E-state index in [1.807, 2.05) is 0 Å². The zero-order chi connectivity index (χ0) is 15.9. The first-order valence-electron chi connectivity index (χ1n) is 8.37. The van der Waals surface area contributed by atoms with Crippen LogP contribution in [-0.2, 0) is 17.6 Å². The van der Waals surface area contributed by atoms with E-state index < -0.39 is 8.45 Å². The van der Waals surface area contributed by atoms with Crippen LogP contribution in [0.25, 0.3) is 0 Å². The standard InChI is InChI=1S/C19H25N2OP/c1-2-22-23-20(16-18-10-5-3-6-11-18)14-9-15-21(23)17-19-12-7-4-8-13-19/h3-8,10-13H,2,9,14-17H2,1H3. The number of benzene rings is 2. The number of hydrogen-bond acceptors (Lipinski definition) is 3. The van der Waals surface area contributed by atoms with E-state index in [4.69, 9.17) is 4.52 Å². The van der Waals surface area contributed by atoms with Crippen molar-refractivity contribution in [2.75, 3.05) is 19.7 Å². The van der Waals surface area contributed by atoms with Crippen LogP contribution in [0, 0.1) is 0 Å². The summed E-state index contributed by atoms with van der Waals surface area (Å²) < 4.78 is 11.2. The van der Waals surface area contributed by atoms with E-state index in [9.17, 15) is 0 Å². The van der Waals surface area contributed by atoms with Crippen molar-refractivity contribution in [2.45, 2.75) is 26.4 Å². The minimum absolute atomic E-state index is 0.679. The highest BCUT2D eigenvalue weighted by Crippen LogP contribution is 2.49. The molecule has 1 heterocycles. The molecule has 0 unspecified atom stereocenters. The highest BCUT2D eigenvalue weighted by molar-refractivity contribution is 7.47. The van der Waals surface area contributed by atoms with Crippen LogP contribution in [-0.4, -0.2) is 29.0 Å². The second kappa shape index (κ2) is 8.56. The van der Waals surface area contributed by atoms with Crippen molar-refractivity contribution in [1.29, 1.82) is 0 Å². The fraction of sp³-hybridized carbons (Fsp3) is 0.368. The van der Waals surface area contributed by atoms with Crippen molar-refractivity contribution in [3.05, 3.63) is 71.8 Å². The summed E-state index contributed by atoms with van der Waals surface area (Å²) in [5, 5.41) is 0. The Labute approximate surface area is 140 Å². The molecule has 0 N–H and O–H groups in total. The summed E-state index contributed by atoms with van der Waals surface area (Å²) >= 11 is 0. The van der Waals surface area contributed by atoms with Crippen LogP contribution >= 0.6 is 8.45 Å². The molecule has 0 amide bonds. The molecular formula is C19H25N2OP. The minimum atomic E-state index is -0.679. The lowest BCUT2D eigenvalue weighted by atomic mass is 10.2. The van der Waals surface area contributed by atoms with Gasteiger partial charge in [0.15, 0.2) is 8.45 Å². The van der Waals surface area contributed by atoms with E-state index in [1.165, 1.54) is 17.5 Å². The lowest BCUT2D eigenvalue weighted by Gasteiger charge is -2.42. The van der Waals surface area contributed by atoms with Crippen molar-refractivity contribution in [1.82, 2.24) is 9.34 Å². The largest absolute Gasteiger partial charge is 0.332 e. The van der Waals surface area contributed by atoms with E-state index in [0.29, 0.717) is 0 Å². The van der Waals surface area contributed by atoms with Crippen LogP contribution in [0.5, 0.6) is 0 Å². The van der Waals surface area contributed by atoms with Crippen molar-refractivity contribution in [3.8, 4) is 0 Å². The zero-order valence-electron chi connectivity index (χ0n) is 13.8. The average Bonchev–Trinajstić information content (AvgIpc) is 2.60. The Hall–Kier alpha value is -1.25. The van der Waals surface area contributed by atoms with Gasteiger partial charge in [-0.2, -0.15) is 0 Å². The predicted octanol–water partition coefficient (Wildman–Crippen LogP) is 4.66. The van der Waals surface area contributed by atoms with E-state index in [2.05, 4.69) is 76.9 Å². The Morgan fingerprint density at radius 3 is 1.74 bits per heavy atom. The summed E-state index contributed by atoms with van der Waals surface area (Å²) in [6.45, 7) is 7.04. The zero-order valence-corrected chi connectivity index (χ0v) is 14.7. The van der Waals surface area contributed by atoms with Gasteiger partial charge >= 0.3 is 0 Å². The smallest absolute Gasteiger partial charge is 0.188 e. The summed E-state index contributed by atoms with van der Waals surface area (Å²) in [5.41, 5.74) is 2.72. The average molecular weight is 328 g/mol. The summed E-state index contributed by atoms with van der Waals surface area (Å²) in [5.74, 6) is 0. The highest BCUT2D eigenvalue weighted by atomic mass is 31.2. The topological polar surface area (TPSA) is 15.7 Å². The molecule has 23 heavy (non-hydrogen) atoms. The molecule has 0 bridgehead atoms. The molecule has 2 aromatic rings. The van der Waals surface area contributed by atoms with Crippen molar-refractivity contribution in [3.63, 3.8) is 0 Å². The maximum atomic E-state index is 6.17. The molecule has 0 aromatic heterocycles. The first-order valence-corrected chi connectivity index (χ1v) is 9.54. The molecule has 1 fully saturated rings. The lowest BCUT2D eigenvalue weighted by molar-refractivity contribution is 0.224. The van der Waals surface area contributed by atoms with Crippen molar-refractivity contribution < 1.29 is 4.52 Å². The Morgan fingerprint density at radius 2 is 1.30 bits per heavy atom. The van der Waals surface area contributed by atoms with Gasteiger partial charge in [-0.3, -0.25) is 0 Å². The molecule has 122 valence electrons. The van der Waals surface area contributed by atoms with Gasteiger partial charge in [0.1, 0.15) is 0 Å². The van der Waals surface area contributed by atoms with E-state index in [0.717, 1.165) is 32.8 Å². The summed E-state index contributed by atoms with van der Waals surface area (Å²) in [4.78, 5) is 0. The fourth-order valence-electron chi connectivity index (χ4n) is 2.93. The fourth-order valence-corrected chi connectivity index (χ4v) is 5.04. The first-order chi connectivity index (χ1) is 11.4. The monoisotopic (exact) mass is 328 g/mol. The normalized spacial score (nSPS) is 17.4. The SMILES string of the molecule is CCOP1N(Cc2ccccc2)CCCN1Cc1ccccc1. The molecule has 3 nitrogen and oxygen atoms in total. The minimum Gasteiger partial charge on any atom is -0.332 e. The molecule has 0 saturated carbocycles. The van der Waals surface area contributed by atoms with Gasteiger partial charge in [-0.05, 0) is 24.5 Å².